The maximum Gasteiger partial charge on any atom is 0.123 e. The lowest BCUT2D eigenvalue weighted by atomic mass is 10.1. The zero-order valence-corrected chi connectivity index (χ0v) is 10.6. The number of rotatable bonds is 4. The second-order valence-corrected chi connectivity index (χ2v) is 4.79. The standard InChI is InChI=1S/C14H21NO2/c1-3-11-6-7-15(9-11)10-12-4-5-13(17-2)8-14(12)16/h4-5,8,11,16H,3,6-7,9-10H2,1-2H3. The van der Waals surface area contributed by atoms with Crippen LogP contribution in [0.15, 0.2) is 18.2 Å². The molecule has 2 rings (SSSR count). The molecule has 1 heterocycles. The van der Waals surface area contributed by atoms with E-state index in [9.17, 15) is 5.11 Å². The molecule has 1 saturated heterocycles. The van der Waals surface area contributed by atoms with Gasteiger partial charge >= 0.3 is 0 Å². The van der Waals surface area contributed by atoms with Crippen molar-refractivity contribution in [2.75, 3.05) is 20.2 Å². The number of phenolic OH excluding ortho intramolecular Hbond substituents is 1. The summed E-state index contributed by atoms with van der Waals surface area (Å²) in [5.74, 6) is 1.87. The Hall–Kier alpha value is -1.22. The summed E-state index contributed by atoms with van der Waals surface area (Å²) in [6.07, 6.45) is 2.54. The largest absolute Gasteiger partial charge is 0.507 e. The van der Waals surface area contributed by atoms with Gasteiger partial charge in [0.05, 0.1) is 7.11 Å². The van der Waals surface area contributed by atoms with Crippen LogP contribution in [0.3, 0.4) is 0 Å². The number of benzene rings is 1. The van der Waals surface area contributed by atoms with Crippen molar-refractivity contribution < 1.29 is 9.84 Å². The Kier molecular flexibility index (Phi) is 3.89. The molecule has 1 aromatic rings. The fraction of sp³-hybridized carbons (Fsp3) is 0.571. The maximum atomic E-state index is 9.90. The van der Waals surface area contributed by atoms with Gasteiger partial charge in [-0.05, 0) is 24.9 Å². The maximum absolute atomic E-state index is 9.90. The molecule has 0 amide bonds. The number of aromatic hydroxyl groups is 1. The Morgan fingerprint density at radius 1 is 1.47 bits per heavy atom. The van der Waals surface area contributed by atoms with Crippen molar-refractivity contribution in [3.05, 3.63) is 23.8 Å². The van der Waals surface area contributed by atoms with Gasteiger partial charge in [0.1, 0.15) is 11.5 Å². The van der Waals surface area contributed by atoms with Crippen molar-refractivity contribution in [3.8, 4) is 11.5 Å². The Balaban J connectivity index is 1.99. The molecule has 0 radical (unpaired) electrons. The minimum absolute atomic E-state index is 0.337. The minimum Gasteiger partial charge on any atom is -0.507 e. The lowest BCUT2D eigenvalue weighted by molar-refractivity contribution is 0.308. The monoisotopic (exact) mass is 235 g/mol. The van der Waals surface area contributed by atoms with E-state index in [1.54, 1.807) is 13.2 Å². The van der Waals surface area contributed by atoms with Crippen molar-refractivity contribution in [3.63, 3.8) is 0 Å². The van der Waals surface area contributed by atoms with Gasteiger partial charge in [-0.3, -0.25) is 4.90 Å². The highest BCUT2D eigenvalue weighted by Crippen LogP contribution is 2.27. The van der Waals surface area contributed by atoms with Crippen LogP contribution in [0.2, 0.25) is 0 Å². The highest BCUT2D eigenvalue weighted by molar-refractivity contribution is 5.39. The molecule has 1 aliphatic heterocycles. The van der Waals surface area contributed by atoms with E-state index in [1.807, 2.05) is 12.1 Å². The first-order valence-electron chi connectivity index (χ1n) is 6.31. The van der Waals surface area contributed by atoms with Gasteiger partial charge in [0.2, 0.25) is 0 Å². The topological polar surface area (TPSA) is 32.7 Å². The number of methoxy groups -OCH3 is 1. The molecule has 0 saturated carbocycles. The lowest BCUT2D eigenvalue weighted by Gasteiger charge is -2.16. The van der Waals surface area contributed by atoms with Gasteiger partial charge in [-0.15, -0.1) is 0 Å². The van der Waals surface area contributed by atoms with Crippen LogP contribution in [0.1, 0.15) is 25.3 Å². The number of likely N-dealkylation sites (tertiary alicyclic amines) is 1. The summed E-state index contributed by atoms with van der Waals surface area (Å²) in [7, 11) is 1.61. The second kappa shape index (κ2) is 5.41. The summed E-state index contributed by atoms with van der Waals surface area (Å²) >= 11 is 0. The Morgan fingerprint density at radius 3 is 2.88 bits per heavy atom. The normalized spacial score (nSPS) is 20.7. The smallest absolute Gasteiger partial charge is 0.123 e. The van der Waals surface area contributed by atoms with Crippen molar-refractivity contribution in [2.24, 2.45) is 5.92 Å². The first kappa shape index (κ1) is 12.2. The van der Waals surface area contributed by atoms with E-state index >= 15 is 0 Å². The zero-order valence-electron chi connectivity index (χ0n) is 10.6. The van der Waals surface area contributed by atoms with Crippen LogP contribution in [0.5, 0.6) is 11.5 Å². The molecular weight excluding hydrogens is 214 g/mol. The summed E-state index contributed by atoms with van der Waals surface area (Å²) in [6, 6.07) is 5.54. The molecule has 1 aromatic carbocycles. The van der Waals surface area contributed by atoms with E-state index in [-0.39, 0.29) is 0 Å². The fourth-order valence-corrected chi connectivity index (χ4v) is 2.43. The molecule has 3 nitrogen and oxygen atoms in total. The van der Waals surface area contributed by atoms with E-state index in [2.05, 4.69) is 11.8 Å². The highest BCUT2D eigenvalue weighted by Gasteiger charge is 2.21. The van der Waals surface area contributed by atoms with Crippen LogP contribution in [0, 0.1) is 5.92 Å². The quantitative estimate of drug-likeness (QED) is 0.870. The van der Waals surface area contributed by atoms with E-state index in [0.717, 1.165) is 31.1 Å². The van der Waals surface area contributed by atoms with Gasteiger partial charge in [0, 0.05) is 24.7 Å². The summed E-state index contributed by atoms with van der Waals surface area (Å²) in [4.78, 5) is 2.41. The zero-order chi connectivity index (χ0) is 12.3. The number of phenols is 1. The fourth-order valence-electron chi connectivity index (χ4n) is 2.43. The molecule has 3 heteroatoms. The van der Waals surface area contributed by atoms with E-state index in [4.69, 9.17) is 4.74 Å². The molecule has 0 spiro atoms. The van der Waals surface area contributed by atoms with Gasteiger partial charge in [0.25, 0.3) is 0 Å². The predicted octanol–water partition coefficient (Wildman–Crippen LogP) is 2.63. The molecule has 1 aliphatic rings. The Morgan fingerprint density at radius 2 is 2.29 bits per heavy atom. The van der Waals surface area contributed by atoms with Crippen LogP contribution in [-0.2, 0) is 6.54 Å². The first-order chi connectivity index (χ1) is 8.22. The molecule has 1 fully saturated rings. The van der Waals surface area contributed by atoms with Crippen molar-refractivity contribution in [2.45, 2.75) is 26.3 Å². The molecule has 0 bridgehead atoms. The van der Waals surface area contributed by atoms with Crippen LogP contribution in [0.4, 0.5) is 0 Å². The number of ether oxygens (including phenoxy) is 1. The minimum atomic E-state index is 0.337. The third-order valence-electron chi connectivity index (χ3n) is 3.63. The van der Waals surface area contributed by atoms with E-state index in [0.29, 0.717) is 11.5 Å². The molecule has 1 atom stereocenters. The summed E-state index contributed by atoms with van der Waals surface area (Å²) in [5.41, 5.74) is 0.988. The molecule has 1 unspecified atom stereocenters. The Labute approximate surface area is 103 Å². The van der Waals surface area contributed by atoms with Crippen molar-refractivity contribution >= 4 is 0 Å². The van der Waals surface area contributed by atoms with Crippen LogP contribution in [0.25, 0.3) is 0 Å². The first-order valence-corrected chi connectivity index (χ1v) is 6.31. The SMILES string of the molecule is CCC1CCN(Cc2ccc(OC)cc2O)C1. The number of hydrogen-bond acceptors (Lipinski definition) is 3. The van der Waals surface area contributed by atoms with E-state index < -0.39 is 0 Å². The number of hydrogen-bond donors (Lipinski definition) is 1. The summed E-state index contributed by atoms with van der Waals surface area (Å²) < 4.78 is 5.08. The van der Waals surface area contributed by atoms with Crippen molar-refractivity contribution in [1.29, 1.82) is 0 Å². The summed E-state index contributed by atoms with van der Waals surface area (Å²) in [6.45, 7) is 5.39. The molecule has 94 valence electrons. The Bertz CT molecular complexity index is 378. The van der Waals surface area contributed by atoms with Crippen LogP contribution < -0.4 is 4.74 Å². The molecule has 0 aromatic heterocycles. The predicted molar refractivity (Wildman–Crippen MR) is 68.3 cm³/mol. The van der Waals surface area contributed by atoms with Crippen LogP contribution >= 0.6 is 0 Å². The van der Waals surface area contributed by atoms with Gasteiger partial charge in [-0.2, -0.15) is 0 Å². The highest BCUT2D eigenvalue weighted by atomic mass is 16.5. The summed E-state index contributed by atoms with van der Waals surface area (Å²) in [5, 5.41) is 9.90. The molecule has 0 aliphatic carbocycles. The van der Waals surface area contributed by atoms with Gasteiger partial charge in [-0.25, -0.2) is 0 Å². The lowest BCUT2D eigenvalue weighted by Crippen LogP contribution is -2.20. The van der Waals surface area contributed by atoms with Crippen molar-refractivity contribution in [1.82, 2.24) is 4.90 Å². The van der Waals surface area contributed by atoms with Gasteiger partial charge < -0.3 is 9.84 Å². The molecule has 1 N–H and O–H groups in total. The van der Waals surface area contributed by atoms with Crippen LogP contribution in [-0.4, -0.2) is 30.2 Å². The molecule has 17 heavy (non-hydrogen) atoms. The third-order valence-corrected chi connectivity index (χ3v) is 3.63. The second-order valence-electron chi connectivity index (χ2n) is 4.79. The average molecular weight is 235 g/mol. The third kappa shape index (κ3) is 2.91. The average Bonchev–Trinajstić information content (AvgIpc) is 2.79. The molecular formula is C14H21NO2. The van der Waals surface area contributed by atoms with Gasteiger partial charge in [0.15, 0.2) is 0 Å². The van der Waals surface area contributed by atoms with E-state index in [1.165, 1.54) is 12.8 Å². The van der Waals surface area contributed by atoms with Gasteiger partial charge in [-0.1, -0.05) is 19.4 Å². The number of nitrogens with zero attached hydrogens (tertiary/aromatic N) is 1.